The van der Waals surface area contributed by atoms with E-state index >= 15 is 0 Å². The molecule has 0 unspecified atom stereocenters. The first kappa shape index (κ1) is 20.4. The first-order valence-corrected chi connectivity index (χ1v) is 8.81. The molecule has 0 bridgehead atoms. The zero-order chi connectivity index (χ0) is 19.8. The number of benzene rings is 2. The summed E-state index contributed by atoms with van der Waals surface area (Å²) in [6.07, 6.45) is 1.38. The van der Waals surface area contributed by atoms with E-state index in [1.807, 2.05) is 26.0 Å². The van der Waals surface area contributed by atoms with Crippen LogP contribution in [0.1, 0.15) is 16.7 Å². The highest BCUT2D eigenvalue weighted by Crippen LogP contribution is 2.27. The SMILES string of the molecule is Cc1cc(Br)cc(C)c1OCC(=O)N/N=C\c1ccccc1OCC(=O)O. The molecule has 2 aromatic carbocycles. The third-order valence-electron chi connectivity index (χ3n) is 3.44. The Morgan fingerprint density at radius 1 is 1.15 bits per heavy atom. The number of ether oxygens (including phenoxy) is 2. The zero-order valence-corrected chi connectivity index (χ0v) is 16.4. The second-order valence-electron chi connectivity index (χ2n) is 5.67. The second kappa shape index (κ2) is 9.72. The number of para-hydroxylation sites is 1. The number of rotatable bonds is 8. The molecule has 0 aliphatic rings. The van der Waals surface area contributed by atoms with Crippen LogP contribution in [0.3, 0.4) is 0 Å². The number of carboxylic acids is 1. The molecule has 2 aromatic rings. The van der Waals surface area contributed by atoms with Crippen LogP contribution in [-0.4, -0.2) is 36.4 Å². The Hall–Kier alpha value is -2.87. The van der Waals surface area contributed by atoms with Crippen molar-refractivity contribution in [3.05, 3.63) is 57.6 Å². The summed E-state index contributed by atoms with van der Waals surface area (Å²) in [5.41, 5.74) is 4.75. The Kier molecular flexibility index (Phi) is 7.36. The number of carbonyl (C=O) groups is 2. The van der Waals surface area contributed by atoms with Crippen molar-refractivity contribution >= 4 is 34.0 Å². The molecule has 2 N–H and O–H groups in total. The van der Waals surface area contributed by atoms with E-state index in [0.717, 1.165) is 15.6 Å². The van der Waals surface area contributed by atoms with Crippen molar-refractivity contribution in [1.82, 2.24) is 5.43 Å². The molecule has 0 aliphatic heterocycles. The van der Waals surface area contributed by atoms with Gasteiger partial charge in [0.15, 0.2) is 13.2 Å². The molecule has 0 heterocycles. The lowest BCUT2D eigenvalue weighted by molar-refractivity contribution is -0.139. The molecule has 1 amide bonds. The number of carboxylic acid groups (broad SMARTS) is 1. The largest absolute Gasteiger partial charge is 0.483 e. The lowest BCUT2D eigenvalue weighted by Gasteiger charge is -2.11. The van der Waals surface area contributed by atoms with Crippen molar-refractivity contribution in [2.75, 3.05) is 13.2 Å². The van der Waals surface area contributed by atoms with Crippen molar-refractivity contribution in [1.29, 1.82) is 0 Å². The molecule has 7 nitrogen and oxygen atoms in total. The summed E-state index contributed by atoms with van der Waals surface area (Å²) in [7, 11) is 0. The Morgan fingerprint density at radius 3 is 2.48 bits per heavy atom. The predicted molar refractivity (Wildman–Crippen MR) is 104 cm³/mol. The summed E-state index contributed by atoms with van der Waals surface area (Å²) in [5, 5.41) is 12.6. The quantitative estimate of drug-likeness (QED) is 0.491. The Labute approximate surface area is 165 Å². The summed E-state index contributed by atoms with van der Waals surface area (Å²) >= 11 is 3.41. The number of halogens is 1. The molecular weight excluding hydrogens is 416 g/mol. The Bertz CT molecular complexity index is 844. The van der Waals surface area contributed by atoms with Crippen LogP contribution in [0.2, 0.25) is 0 Å². The second-order valence-corrected chi connectivity index (χ2v) is 6.59. The normalized spacial score (nSPS) is 10.6. The van der Waals surface area contributed by atoms with Gasteiger partial charge in [-0.25, -0.2) is 10.2 Å². The molecule has 0 saturated carbocycles. The molecule has 0 spiro atoms. The smallest absolute Gasteiger partial charge is 0.341 e. The van der Waals surface area contributed by atoms with Gasteiger partial charge >= 0.3 is 5.97 Å². The maximum absolute atomic E-state index is 11.9. The number of carbonyl (C=O) groups excluding carboxylic acids is 1. The van der Waals surface area contributed by atoms with Crippen molar-refractivity contribution < 1.29 is 24.2 Å². The molecule has 142 valence electrons. The van der Waals surface area contributed by atoms with Crippen molar-refractivity contribution in [2.45, 2.75) is 13.8 Å². The molecule has 8 heteroatoms. The van der Waals surface area contributed by atoms with Gasteiger partial charge in [-0.1, -0.05) is 28.1 Å². The Morgan fingerprint density at radius 2 is 1.81 bits per heavy atom. The van der Waals surface area contributed by atoms with Crippen LogP contribution in [-0.2, 0) is 9.59 Å². The lowest BCUT2D eigenvalue weighted by atomic mass is 10.1. The first-order chi connectivity index (χ1) is 12.9. The van der Waals surface area contributed by atoms with E-state index in [1.165, 1.54) is 6.21 Å². The number of aryl methyl sites for hydroxylation is 2. The topological polar surface area (TPSA) is 97.2 Å². The standard InChI is InChI=1S/C19H19BrN2O5/c1-12-7-15(20)8-13(2)19(12)27-10-17(23)22-21-9-14-5-3-4-6-16(14)26-11-18(24)25/h3-9H,10-11H2,1-2H3,(H,22,23)(H,24,25)/b21-9-. The Balaban J connectivity index is 1.92. The van der Waals surface area contributed by atoms with Gasteiger partial charge in [0.25, 0.3) is 5.91 Å². The molecular formula is C19H19BrN2O5. The summed E-state index contributed by atoms with van der Waals surface area (Å²) in [4.78, 5) is 22.5. The van der Waals surface area contributed by atoms with Gasteiger partial charge in [-0.15, -0.1) is 0 Å². The summed E-state index contributed by atoms with van der Waals surface area (Å²) < 4.78 is 11.7. The minimum absolute atomic E-state index is 0.183. The van der Waals surface area contributed by atoms with Gasteiger partial charge in [-0.3, -0.25) is 4.79 Å². The molecule has 0 radical (unpaired) electrons. The van der Waals surface area contributed by atoms with Gasteiger partial charge in [-0.05, 0) is 49.2 Å². The fourth-order valence-corrected chi connectivity index (χ4v) is 3.01. The highest BCUT2D eigenvalue weighted by molar-refractivity contribution is 9.10. The molecule has 0 aromatic heterocycles. The minimum Gasteiger partial charge on any atom is -0.483 e. The number of aliphatic carboxylic acids is 1. The van der Waals surface area contributed by atoms with E-state index in [0.29, 0.717) is 17.1 Å². The number of hydrogen-bond acceptors (Lipinski definition) is 5. The molecule has 0 saturated heterocycles. The van der Waals surface area contributed by atoms with Crippen LogP contribution in [0.25, 0.3) is 0 Å². The van der Waals surface area contributed by atoms with E-state index in [-0.39, 0.29) is 6.61 Å². The molecule has 0 aliphatic carbocycles. The van der Waals surface area contributed by atoms with Crippen LogP contribution in [0.15, 0.2) is 46.0 Å². The maximum Gasteiger partial charge on any atom is 0.341 e. The molecule has 27 heavy (non-hydrogen) atoms. The number of nitrogens with zero attached hydrogens (tertiary/aromatic N) is 1. The van der Waals surface area contributed by atoms with Gasteiger partial charge in [0.2, 0.25) is 0 Å². The third-order valence-corrected chi connectivity index (χ3v) is 3.89. The van der Waals surface area contributed by atoms with E-state index in [1.54, 1.807) is 24.3 Å². The minimum atomic E-state index is -1.08. The maximum atomic E-state index is 11.9. The highest BCUT2D eigenvalue weighted by atomic mass is 79.9. The number of nitrogens with one attached hydrogen (secondary N) is 1. The zero-order valence-electron chi connectivity index (χ0n) is 14.9. The first-order valence-electron chi connectivity index (χ1n) is 8.02. The van der Waals surface area contributed by atoms with E-state index in [9.17, 15) is 9.59 Å². The van der Waals surface area contributed by atoms with Gasteiger partial charge < -0.3 is 14.6 Å². The molecule has 0 atom stereocenters. The number of hydrogen-bond donors (Lipinski definition) is 2. The average Bonchev–Trinajstić information content (AvgIpc) is 2.60. The third kappa shape index (κ3) is 6.41. The number of amides is 1. The van der Waals surface area contributed by atoms with Crippen LogP contribution >= 0.6 is 15.9 Å². The van der Waals surface area contributed by atoms with Crippen LogP contribution in [0.4, 0.5) is 0 Å². The van der Waals surface area contributed by atoms with Gasteiger partial charge in [0.05, 0.1) is 6.21 Å². The average molecular weight is 435 g/mol. The highest BCUT2D eigenvalue weighted by Gasteiger charge is 2.08. The van der Waals surface area contributed by atoms with E-state index in [2.05, 4.69) is 26.5 Å². The van der Waals surface area contributed by atoms with Crippen molar-refractivity contribution in [3.8, 4) is 11.5 Å². The fraction of sp³-hybridized carbons (Fsp3) is 0.211. The van der Waals surface area contributed by atoms with Crippen LogP contribution in [0, 0.1) is 13.8 Å². The van der Waals surface area contributed by atoms with Gasteiger partial charge in [0, 0.05) is 10.0 Å². The molecule has 0 fully saturated rings. The number of hydrazone groups is 1. The van der Waals surface area contributed by atoms with E-state index in [4.69, 9.17) is 14.6 Å². The summed E-state index contributed by atoms with van der Waals surface area (Å²) in [5.74, 6) is -0.484. The predicted octanol–water partition coefficient (Wildman–Crippen LogP) is 3.06. The van der Waals surface area contributed by atoms with Gasteiger partial charge in [0.1, 0.15) is 11.5 Å². The van der Waals surface area contributed by atoms with Crippen LogP contribution in [0.5, 0.6) is 11.5 Å². The van der Waals surface area contributed by atoms with E-state index < -0.39 is 18.5 Å². The lowest BCUT2D eigenvalue weighted by Crippen LogP contribution is -2.25. The molecule has 2 rings (SSSR count). The van der Waals surface area contributed by atoms with Crippen LogP contribution < -0.4 is 14.9 Å². The van der Waals surface area contributed by atoms with Crippen molar-refractivity contribution in [3.63, 3.8) is 0 Å². The summed E-state index contributed by atoms with van der Waals surface area (Å²) in [6.45, 7) is 3.16. The fourth-order valence-electron chi connectivity index (χ4n) is 2.33. The monoisotopic (exact) mass is 434 g/mol. The summed E-state index contributed by atoms with van der Waals surface area (Å²) in [6, 6.07) is 10.6. The van der Waals surface area contributed by atoms with Gasteiger partial charge in [-0.2, -0.15) is 5.10 Å². The van der Waals surface area contributed by atoms with Crippen molar-refractivity contribution in [2.24, 2.45) is 5.10 Å².